The minimum atomic E-state index is -2.92. The molecule has 0 spiro atoms. The summed E-state index contributed by atoms with van der Waals surface area (Å²) in [7, 11) is 0. The molecule has 112 valence electrons. The Morgan fingerprint density at radius 3 is 2.80 bits per heavy atom. The van der Waals surface area contributed by atoms with E-state index in [-0.39, 0.29) is 0 Å². The third-order valence-electron chi connectivity index (χ3n) is 3.12. The zero-order valence-corrected chi connectivity index (χ0v) is 10.7. The molecular weight excluding hydrogens is 301 g/mol. The van der Waals surface area contributed by atoms with Gasteiger partial charge in [0.2, 0.25) is 11.5 Å². The van der Waals surface area contributed by atoms with Crippen LogP contribution in [0.3, 0.4) is 0 Å². The molecule has 0 radical (unpaired) electrons. The van der Waals surface area contributed by atoms with Crippen LogP contribution in [0.5, 0.6) is 0 Å². The Bertz CT molecular complexity index is 621. The van der Waals surface area contributed by atoms with Crippen LogP contribution < -0.4 is 5.56 Å². The fourth-order valence-corrected chi connectivity index (χ4v) is 2.27. The van der Waals surface area contributed by atoms with E-state index in [0.717, 1.165) is 0 Å². The number of aliphatic hydroxyl groups excluding tert-OH is 2. The van der Waals surface area contributed by atoms with Gasteiger partial charge in [-0.05, 0) is 12.2 Å². The third kappa shape index (κ3) is 2.18. The van der Waals surface area contributed by atoms with Gasteiger partial charge in [-0.1, -0.05) is 0 Å². The van der Waals surface area contributed by atoms with E-state index in [9.17, 15) is 23.1 Å². The molecule has 1 aromatic rings. The van der Waals surface area contributed by atoms with E-state index < -0.39 is 53.5 Å². The van der Waals surface area contributed by atoms with E-state index in [1.165, 1.54) is 0 Å². The Balaban J connectivity index is 2.54. The fraction of sp³-hybridized carbons (Fsp3) is 0.600. The van der Waals surface area contributed by atoms with Crippen LogP contribution in [-0.2, 0) is 4.74 Å². The molecule has 4 atom stereocenters. The highest BCUT2D eigenvalue weighted by atomic mass is 32.1. The van der Waals surface area contributed by atoms with Crippen LogP contribution >= 0.6 is 12.2 Å². The van der Waals surface area contributed by atoms with E-state index in [4.69, 9.17) is 22.1 Å². The number of hydrogen-bond acceptors (Lipinski definition) is 5. The SMILES string of the molecule is O=c1[nH]c(=S)n([C@@H]2O[C@H](CO)[C@H](O)C2(F)CF)cc1F. The Hall–Kier alpha value is -1.23. The first-order chi connectivity index (χ1) is 9.35. The number of ether oxygens (including phenoxy) is 1. The van der Waals surface area contributed by atoms with Crippen molar-refractivity contribution in [2.45, 2.75) is 24.1 Å². The lowest BCUT2D eigenvalue weighted by molar-refractivity contribution is -0.0729. The second kappa shape index (κ2) is 5.28. The molecule has 3 N–H and O–H groups in total. The number of aromatic nitrogens is 2. The van der Waals surface area contributed by atoms with Gasteiger partial charge < -0.3 is 14.9 Å². The van der Waals surface area contributed by atoms with Crippen molar-refractivity contribution in [3.63, 3.8) is 0 Å². The Morgan fingerprint density at radius 2 is 2.25 bits per heavy atom. The predicted molar refractivity (Wildman–Crippen MR) is 62.7 cm³/mol. The summed E-state index contributed by atoms with van der Waals surface area (Å²) in [5.74, 6) is -1.27. The van der Waals surface area contributed by atoms with E-state index in [1.54, 1.807) is 0 Å². The third-order valence-corrected chi connectivity index (χ3v) is 3.43. The molecule has 1 fully saturated rings. The number of alkyl halides is 2. The summed E-state index contributed by atoms with van der Waals surface area (Å²) in [6, 6.07) is 0. The van der Waals surface area contributed by atoms with Crippen LogP contribution in [0, 0.1) is 10.6 Å². The quantitative estimate of drug-likeness (QED) is 0.683. The number of halogens is 3. The Morgan fingerprint density at radius 1 is 1.60 bits per heavy atom. The van der Waals surface area contributed by atoms with Crippen LogP contribution in [0.25, 0.3) is 0 Å². The van der Waals surface area contributed by atoms with Gasteiger partial charge in [0.15, 0.2) is 11.0 Å². The second-order valence-electron chi connectivity index (χ2n) is 4.36. The van der Waals surface area contributed by atoms with E-state index in [1.807, 2.05) is 4.98 Å². The van der Waals surface area contributed by atoms with Gasteiger partial charge in [0.25, 0.3) is 5.56 Å². The largest absolute Gasteiger partial charge is 0.394 e. The molecule has 2 heterocycles. The molecule has 20 heavy (non-hydrogen) atoms. The first-order valence-corrected chi connectivity index (χ1v) is 5.96. The maximum absolute atomic E-state index is 14.5. The van der Waals surface area contributed by atoms with Gasteiger partial charge in [-0.25, -0.2) is 8.78 Å². The molecule has 2 rings (SSSR count). The van der Waals surface area contributed by atoms with Crippen molar-refractivity contribution in [1.82, 2.24) is 9.55 Å². The van der Waals surface area contributed by atoms with Gasteiger partial charge in [-0.3, -0.25) is 14.3 Å². The maximum atomic E-state index is 14.5. The van der Waals surface area contributed by atoms with Gasteiger partial charge in [-0.2, -0.15) is 4.39 Å². The summed E-state index contributed by atoms with van der Waals surface area (Å²) in [6.07, 6.45) is -4.60. The van der Waals surface area contributed by atoms with Gasteiger partial charge in [-0.15, -0.1) is 0 Å². The molecule has 0 bridgehead atoms. The average molecular weight is 312 g/mol. The molecule has 6 nitrogen and oxygen atoms in total. The zero-order valence-electron chi connectivity index (χ0n) is 9.92. The smallest absolute Gasteiger partial charge is 0.287 e. The monoisotopic (exact) mass is 312 g/mol. The van der Waals surface area contributed by atoms with Crippen molar-refractivity contribution in [2.75, 3.05) is 13.3 Å². The highest BCUT2D eigenvalue weighted by molar-refractivity contribution is 7.71. The lowest BCUT2D eigenvalue weighted by Gasteiger charge is -2.26. The number of nitrogens with zero attached hydrogens (tertiary/aromatic N) is 1. The molecule has 1 aliphatic rings. The lowest BCUT2D eigenvalue weighted by Crippen LogP contribution is -2.45. The number of rotatable bonds is 3. The first kappa shape index (κ1) is 15.2. The van der Waals surface area contributed by atoms with Gasteiger partial charge in [0.05, 0.1) is 12.8 Å². The standard InChI is InChI=1S/C10H11F3N2O4S/c11-3-10(13)6(17)5(2-16)19-8(10)15-1-4(12)7(18)14-9(15)20/h1,5-6,8,16-17H,2-3H2,(H,14,18,20)/t5-,6+,8-,10?/m1/s1. The van der Waals surface area contributed by atoms with Crippen LogP contribution in [0.15, 0.2) is 11.0 Å². The molecule has 1 unspecified atom stereocenters. The Labute approximate surface area is 115 Å². The summed E-state index contributed by atoms with van der Waals surface area (Å²) in [4.78, 5) is 12.9. The van der Waals surface area contributed by atoms with E-state index in [0.29, 0.717) is 10.8 Å². The molecule has 0 saturated carbocycles. The van der Waals surface area contributed by atoms with Crippen molar-refractivity contribution in [3.8, 4) is 0 Å². The minimum absolute atomic E-state index is 0.400. The zero-order chi connectivity index (χ0) is 15.1. The van der Waals surface area contributed by atoms with Crippen LogP contribution in [-0.4, -0.2) is 50.9 Å². The fourth-order valence-electron chi connectivity index (χ4n) is 2.03. The summed E-state index contributed by atoms with van der Waals surface area (Å²) in [5.41, 5.74) is -4.04. The van der Waals surface area contributed by atoms with Crippen LogP contribution in [0.2, 0.25) is 0 Å². The topological polar surface area (TPSA) is 87.5 Å². The van der Waals surface area contributed by atoms with Crippen molar-refractivity contribution in [3.05, 3.63) is 27.1 Å². The van der Waals surface area contributed by atoms with Gasteiger partial charge in [0.1, 0.15) is 18.9 Å². The van der Waals surface area contributed by atoms with E-state index >= 15 is 0 Å². The first-order valence-electron chi connectivity index (χ1n) is 5.55. The van der Waals surface area contributed by atoms with Gasteiger partial charge >= 0.3 is 0 Å². The molecule has 1 aromatic heterocycles. The highest BCUT2D eigenvalue weighted by Gasteiger charge is 2.58. The van der Waals surface area contributed by atoms with E-state index in [2.05, 4.69) is 0 Å². The number of H-pyrrole nitrogens is 1. The van der Waals surface area contributed by atoms with Gasteiger partial charge in [0, 0.05) is 0 Å². The summed E-state index contributed by atoms with van der Waals surface area (Å²) in [6.45, 7) is -2.40. The normalized spacial score (nSPS) is 33.5. The minimum Gasteiger partial charge on any atom is -0.394 e. The molecule has 0 amide bonds. The van der Waals surface area contributed by atoms with Crippen LogP contribution in [0.4, 0.5) is 13.2 Å². The van der Waals surface area contributed by atoms with Crippen molar-refractivity contribution >= 4 is 12.2 Å². The molecular formula is C10H11F3N2O4S. The number of nitrogens with one attached hydrogen (secondary N) is 1. The molecule has 1 saturated heterocycles. The molecule has 0 aromatic carbocycles. The second-order valence-corrected chi connectivity index (χ2v) is 4.74. The maximum Gasteiger partial charge on any atom is 0.287 e. The summed E-state index contributed by atoms with van der Waals surface area (Å²) in [5, 5.41) is 18.6. The number of aliphatic hydroxyl groups is 2. The Kier molecular flexibility index (Phi) is 4.00. The number of aromatic amines is 1. The summed E-state index contributed by atoms with van der Waals surface area (Å²) >= 11 is 4.73. The molecule has 0 aliphatic carbocycles. The molecule has 10 heteroatoms. The number of hydrogen-bond donors (Lipinski definition) is 3. The van der Waals surface area contributed by atoms with Crippen molar-refractivity contribution < 1.29 is 28.1 Å². The average Bonchev–Trinajstić information content (AvgIpc) is 2.67. The highest BCUT2D eigenvalue weighted by Crippen LogP contribution is 2.41. The van der Waals surface area contributed by atoms with Crippen molar-refractivity contribution in [2.24, 2.45) is 0 Å². The summed E-state index contributed by atoms with van der Waals surface area (Å²) < 4.78 is 46.0. The predicted octanol–water partition coefficient (Wildman–Crippen LogP) is -0.0266. The lowest BCUT2D eigenvalue weighted by atomic mass is 9.97. The van der Waals surface area contributed by atoms with Crippen molar-refractivity contribution in [1.29, 1.82) is 0 Å². The molecule has 1 aliphatic heterocycles. The van der Waals surface area contributed by atoms with Crippen LogP contribution in [0.1, 0.15) is 6.23 Å².